The van der Waals surface area contributed by atoms with Gasteiger partial charge in [-0.2, -0.15) is 9.78 Å². The molecule has 0 aliphatic carbocycles. The molecule has 12 heteroatoms. The van der Waals surface area contributed by atoms with Gasteiger partial charge in [0.25, 0.3) is 5.91 Å². The minimum absolute atomic E-state index is 0.0452. The average molecular weight is 414 g/mol. The number of hydrogen-bond donors (Lipinski definition) is 4. The summed E-state index contributed by atoms with van der Waals surface area (Å²) in [5, 5.41) is 28.9. The van der Waals surface area contributed by atoms with E-state index >= 15 is 0 Å². The molecule has 0 atom stereocenters. The standard InChI is InChI=1S/C18H23N9O3/c1-4-26(5-2)10-14-15(21-25-27(14)17-16(19)23-30-24-17)18(29)22-20-11(3)12-6-8-13(28)9-7-12/h6-9,28H,4-5,10H2,1-3H3,(H2,19,23)(H,22,29)/p+1/b20-11+. The number of anilines is 1. The molecule has 3 rings (SSSR count). The van der Waals surface area contributed by atoms with E-state index in [2.05, 4.69) is 35.8 Å². The molecule has 0 spiro atoms. The van der Waals surface area contributed by atoms with Crippen molar-refractivity contribution in [3.8, 4) is 11.6 Å². The molecule has 0 saturated carbocycles. The van der Waals surface area contributed by atoms with E-state index < -0.39 is 5.91 Å². The van der Waals surface area contributed by atoms with Crippen LogP contribution >= 0.6 is 0 Å². The van der Waals surface area contributed by atoms with Gasteiger partial charge in [0.15, 0.2) is 5.69 Å². The van der Waals surface area contributed by atoms with Crippen LogP contribution in [0.4, 0.5) is 5.82 Å². The van der Waals surface area contributed by atoms with E-state index in [0.717, 1.165) is 18.7 Å². The second-order valence-corrected chi connectivity index (χ2v) is 6.59. The van der Waals surface area contributed by atoms with Crippen molar-refractivity contribution < 1.29 is 19.4 Å². The van der Waals surface area contributed by atoms with E-state index in [-0.39, 0.29) is 23.1 Å². The maximum atomic E-state index is 12.8. The number of aromatic nitrogens is 5. The largest absolute Gasteiger partial charge is 0.508 e. The van der Waals surface area contributed by atoms with Crippen LogP contribution in [0.1, 0.15) is 42.5 Å². The molecule has 0 fully saturated rings. The molecule has 0 radical (unpaired) electrons. The second kappa shape index (κ2) is 9.13. The Morgan fingerprint density at radius 2 is 1.97 bits per heavy atom. The smallest absolute Gasteiger partial charge is 0.294 e. The van der Waals surface area contributed by atoms with Crippen molar-refractivity contribution in [2.75, 3.05) is 18.8 Å². The molecule has 0 bridgehead atoms. The number of carbonyl (C=O) groups excluding carboxylic acids is 1. The summed E-state index contributed by atoms with van der Waals surface area (Å²) >= 11 is 0. The van der Waals surface area contributed by atoms with Gasteiger partial charge >= 0.3 is 0 Å². The maximum Gasteiger partial charge on any atom is 0.294 e. The van der Waals surface area contributed by atoms with Crippen LogP contribution in [0.2, 0.25) is 0 Å². The van der Waals surface area contributed by atoms with Gasteiger partial charge in [-0.1, -0.05) is 5.21 Å². The lowest BCUT2D eigenvalue weighted by molar-refractivity contribution is -0.910. The van der Waals surface area contributed by atoms with Gasteiger partial charge < -0.3 is 15.7 Å². The number of amides is 1. The Kier molecular flexibility index (Phi) is 6.37. The third-order valence-electron chi connectivity index (χ3n) is 4.70. The number of nitrogen functional groups attached to an aromatic ring is 1. The lowest BCUT2D eigenvalue weighted by atomic mass is 10.1. The molecule has 1 amide bonds. The Bertz CT molecular complexity index is 1040. The van der Waals surface area contributed by atoms with Gasteiger partial charge in [0.1, 0.15) is 18.0 Å². The van der Waals surface area contributed by atoms with E-state index in [1.807, 2.05) is 13.8 Å². The Labute approximate surface area is 172 Å². The number of hydrogen-bond acceptors (Lipinski definition) is 9. The number of phenols is 1. The second-order valence-electron chi connectivity index (χ2n) is 6.59. The number of phenolic OH excluding ortho intramolecular Hbond substituents is 1. The van der Waals surface area contributed by atoms with E-state index in [4.69, 9.17) is 5.73 Å². The van der Waals surface area contributed by atoms with Crippen LogP contribution < -0.4 is 16.1 Å². The number of nitrogens with zero attached hydrogens (tertiary/aromatic N) is 6. The van der Waals surface area contributed by atoms with Crippen LogP contribution in [0.5, 0.6) is 5.75 Å². The molecule has 2 heterocycles. The molecule has 0 aliphatic rings. The zero-order valence-corrected chi connectivity index (χ0v) is 17.0. The summed E-state index contributed by atoms with van der Waals surface area (Å²) in [5.74, 6) is -0.149. The summed E-state index contributed by atoms with van der Waals surface area (Å²) in [6.07, 6.45) is 0. The number of aromatic hydroxyl groups is 1. The monoisotopic (exact) mass is 414 g/mol. The first-order valence-corrected chi connectivity index (χ1v) is 9.45. The predicted octanol–water partition coefficient (Wildman–Crippen LogP) is -0.483. The predicted molar refractivity (Wildman–Crippen MR) is 107 cm³/mol. The van der Waals surface area contributed by atoms with Crippen molar-refractivity contribution in [2.45, 2.75) is 27.3 Å². The van der Waals surface area contributed by atoms with Gasteiger partial charge in [-0.3, -0.25) is 4.79 Å². The number of carbonyl (C=O) groups is 1. The van der Waals surface area contributed by atoms with Crippen molar-refractivity contribution in [3.63, 3.8) is 0 Å². The van der Waals surface area contributed by atoms with Crippen LogP contribution in [0.3, 0.4) is 0 Å². The summed E-state index contributed by atoms with van der Waals surface area (Å²) in [7, 11) is 0. The number of hydrazone groups is 1. The highest BCUT2D eigenvalue weighted by Gasteiger charge is 2.26. The molecule has 5 N–H and O–H groups in total. The number of quaternary nitrogens is 1. The summed E-state index contributed by atoms with van der Waals surface area (Å²) < 4.78 is 6.02. The Morgan fingerprint density at radius 1 is 1.27 bits per heavy atom. The molecule has 0 unspecified atom stereocenters. The third kappa shape index (κ3) is 4.43. The number of benzene rings is 1. The SMILES string of the molecule is CC[NH+](CC)Cc1c(C(=O)N/N=C(\C)c2ccc(O)cc2)nnn1-c1nonc1N. The van der Waals surface area contributed by atoms with Gasteiger partial charge in [0.05, 0.1) is 18.8 Å². The highest BCUT2D eigenvalue weighted by atomic mass is 16.6. The van der Waals surface area contributed by atoms with Crippen LogP contribution in [0.25, 0.3) is 5.82 Å². The first-order chi connectivity index (χ1) is 14.4. The van der Waals surface area contributed by atoms with Gasteiger partial charge in [0.2, 0.25) is 11.6 Å². The van der Waals surface area contributed by atoms with E-state index in [1.165, 1.54) is 9.58 Å². The lowest BCUT2D eigenvalue weighted by Gasteiger charge is -2.15. The fourth-order valence-corrected chi connectivity index (χ4v) is 2.84. The van der Waals surface area contributed by atoms with Crippen molar-refractivity contribution in [1.82, 2.24) is 30.7 Å². The molecule has 0 saturated heterocycles. The fourth-order valence-electron chi connectivity index (χ4n) is 2.84. The van der Waals surface area contributed by atoms with Gasteiger partial charge in [-0.15, -0.1) is 5.10 Å². The first kappa shape index (κ1) is 20.9. The summed E-state index contributed by atoms with van der Waals surface area (Å²) in [6.45, 7) is 7.98. The summed E-state index contributed by atoms with van der Waals surface area (Å²) in [6, 6.07) is 6.49. The minimum atomic E-state index is -0.518. The van der Waals surface area contributed by atoms with Crippen LogP contribution in [-0.2, 0) is 6.54 Å². The van der Waals surface area contributed by atoms with Crippen LogP contribution in [0, 0.1) is 0 Å². The van der Waals surface area contributed by atoms with Crippen LogP contribution in [0.15, 0.2) is 34.0 Å². The summed E-state index contributed by atoms with van der Waals surface area (Å²) in [5.41, 5.74) is 10.3. The lowest BCUT2D eigenvalue weighted by Crippen LogP contribution is -3.10. The zero-order chi connectivity index (χ0) is 21.7. The Morgan fingerprint density at radius 3 is 2.57 bits per heavy atom. The quantitative estimate of drug-likeness (QED) is 0.284. The number of rotatable bonds is 8. The van der Waals surface area contributed by atoms with Gasteiger partial charge in [-0.05, 0) is 60.9 Å². The van der Waals surface area contributed by atoms with Crippen molar-refractivity contribution in [1.29, 1.82) is 0 Å². The molecule has 12 nitrogen and oxygen atoms in total. The topological polar surface area (TPSA) is 162 Å². The zero-order valence-electron chi connectivity index (χ0n) is 17.0. The highest BCUT2D eigenvalue weighted by molar-refractivity contribution is 6.00. The maximum absolute atomic E-state index is 12.8. The van der Waals surface area contributed by atoms with E-state index in [1.54, 1.807) is 31.2 Å². The van der Waals surface area contributed by atoms with Crippen molar-refractivity contribution in [3.05, 3.63) is 41.2 Å². The molecule has 158 valence electrons. The Hall–Kier alpha value is -3.80. The minimum Gasteiger partial charge on any atom is -0.508 e. The third-order valence-corrected chi connectivity index (χ3v) is 4.70. The van der Waals surface area contributed by atoms with Gasteiger partial charge in [-0.25, -0.2) is 10.1 Å². The molecule has 30 heavy (non-hydrogen) atoms. The molecule has 3 aromatic rings. The average Bonchev–Trinajstić information content (AvgIpc) is 3.35. The fraction of sp³-hybridized carbons (Fsp3) is 0.333. The summed E-state index contributed by atoms with van der Waals surface area (Å²) in [4.78, 5) is 14.0. The van der Waals surface area contributed by atoms with Crippen LogP contribution in [-0.4, -0.2) is 55.1 Å². The normalized spacial score (nSPS) is 11.8. The number of nitrogens with one attached hydrogen (secondary N) is 2. The van der Waals surface area contributed by atoms with E-state index in [0.29, 0.717) is 18.0 Å². The molecular weight excluding hydrogens is 390 g/mol. The molecule has 2 aromatic heterocycles. The highest BCUT2D eigenvalue weighted by Crippen LogP contribution is 2.15. The van der Waals surface area contributed by atoms with E-state index in [9.17, 15) is 9.90 Å². The Balaban J connectivity index is 1.89. The molecule has 1 aromatic carbocycles. The molecule has 0 aliphatic heterocycles. The van der Waals surface area contributed by atoms with Crippen molar-refractivity contribution >= 4 is 17.4 Å². The number of nitrogens with two attached hydrogens (primary N) is 1. The van der Waals surface area contributed by atoms with Crippen molar-refractivity contribution in [2.24, 2.45) is 5.10 Å². The molecular formula is C18H24N9O3+. The first-order valence-electron chi connectivity index (χ1n) is 9.45. The van der Waals surface area contributed by atoms with Gasteiger partial charge in [0, 0.05) is 0 Å².